The lowest BCUT2D eigenvalue weighted by Crippen LogP contribution is -2.40. The molecule has 0 spiro atoms. The van der Waals surface area contributed by atoms with E-state index >= 15 is 0 Å². The first kappa shape index (κ1) is 14.8. The van der Waals surface area contributed by atoms with E-state index in [2.05, 4.69) is 4.90 Å². The van der Waals surface area contributed by atoms with Crippen molar-refractivity contribution >= 4 is 11.5 Å². The highest BCUT2D eigenvalue weighted by atomic mass is 19.1. The molecule has 0 amide bonds. The van der Waals surface area contributed by atoms with Crippen molar-refractivity contribution in [2.45, 2.75) is 38.1 Å². The normalized spacial score (nSPS) is 16.1. The first-order chi connectivity index (χ1) is 9.63. The number of rotatable bonds is 5. The zero-order chi connectivity index (χ0) is 14.5. The van der Waals surface area contributed by atoms with E-state index in [9.17, 15) is 9.50 Å². The summed E-state index contributed by atoms with van der Waals surface area (Å²) in [7, 11) is 0. The molecule has 1 aliphatic rings. The van der Waals surface area contributed by atoms with Crippen molar-refractivity contribution in [1.82, 2.24) is 0 Å². The van der Waals surface area contributed by atoms with Gasteiger partial charge >= 0.3 is 0 Å². The van der Waals surface area contributed by atoms with Gasteiger partial charge in [-0.2, -0.15) is 0 Å². The van der Waals surface area contributed by atoms with Gasteiger partial charge in [-0.15, -0.1) is 0 Å². The molecule has 1 fully saturated rings. The Hall–Kier alpha value is -1.62. The van der Waals surface area contributed by atoms with Crippen molar-refractivity contribution < 1.29 is 9.50 Å². The zero-order valence-electron chi connectivity index (χ0n) is 11.6. The Kier molecular flexibility index (Phi) is 4.95. The molecule has 1 saturated carbocycles. The minimum atomic E-state index is -0.397. The fourth-order valence-electron chi connectivity index (χ4n) is 2.97. The van der Waals surface area contributed by atoms with Gasteiger partial charge in [0.25, 0.3) is 0 Å². The maximum atomic E-state index is 13.4. The van der Waals surface area contributed by atoms with Gasteiger partial charge in [0.15, 0.2) is 0 Å². The molecule has 4 N–H and O–H groups in total. The Morgan fingerprint density at radius 2 is 2.05 bits per heavy atom. The summed E-state index contributed by atoms with van der Waals surface area (Å²) in [5.41, 5.74) is 6.73. The quantitative estimate of drug-likeness (QED) is 0.571. The summed E-state index contributed by atoms with van der Waals surface area (Å²) >= 11 is 0. The molecule has 0 atom stereocenters. The number of amidine groups is 1. The number of halogens is 1. The molecule has 4 nitrogen and oxygen atoms in total. The summed E-state index contributed by atoms with van der Waals surface area (Å²) in [6, 6.07) is 4.68. The third kappa shape index (κ3) is 3.28. The molecule has 0 aliphatic heterocycles. The van der Waals surface area contributed by atoms with Crippen LogP contribution in [-0.4, -0.2) is 30.1 Å². The first-order valence-electron chi connectivity index (χ1n) is 7.15. The van der Waals surface area contributed by atoms with E-state index in [0.717, 1.165) is 18.5 Å². The number of nitrogens with zero attached hydrogens (tertiary/aromatic N) is 1. The van der Waals surface area contributed by atoms with Gasteiger partial charge in [-0.25, -0.2) is 4.39 Å². The molecule has 0 saturated heterocycles. The van der Waals surface area contributed by atoms with E-state index in [1.165, 1.54) is 31.4 Å². The standard InChI is InChI=1S/C15H22FN3O/c16-11-6-7-14(13(10-11)15(17)18)19(8-9-20)12-4-2-1-3-5-12/h6-7,10,12,20H,1-5,8-9H2,(H3,17,18). The van der Waals surface area contributed by atoms with Gasteiger partial charge in [0.1, 0.15) is 11.7 Å². The maximum Gasteiger partial charge on any atom is 0.125 e. The van der Waals surface area contributed by atoms with Gasteiger partial charge in [0.2, 0.25) is 0 Å². The minimum absolute atomic E-state index is 0.0330. The number of anilines is 1. The Bertz CT molecular complexity index is 472. The predicted molar refractivity (Wildman–Crippen MR) is 78.7 cm³/mol. The molecule has 0 radical (unpaired) electrons. The summed E-state index contributed by atoms with van der Waals surface area (Å²) in [5, 5.41) is 16.9. The van der Waals surface area contributed by atoms with Crippen molar-refractivity contribution in [1.29, 1.82) is 5.41 Å². The fraction of sp³-hybridized carbons (Fsp3) is 0.533. The van der Waals surface area contributed by atoms with Crippen LogP contribution >= 0.6 is 0 Å². The summed E-state index contributed by atoms with van der Waals surface area (Å²) in [4.78, 5) is 2.08. The van der Waals surface area contributed by atoms with Crippen LogP contribution in [0.2, 0.25) is 0 Å². The van der Waals surface area contributed by atoms with Crippen LogP contribution in [0, 0.1) is 11.2 Å². The Balaban J connectivity index is 2.35. The summed E-state index contributed by atoms with van der Waals surface area (Å²) in [6.45, 7) is 0.516. The van der Waals surface area contributed by atoms with Crippen molar-refractivity contribution in [3.63, 3.8) is 0 Å². The molecule has 0 bridgehead atoms. The van der Waals surface area contributed by atoms with E-state index in [4.69, 9.17) is 11.1 Å². The van der Waals surface area contributed by atoms with Gasteiger partial charge in [0, 0.05) is 23.8 Å². The molecule has 1 aliphatic carbocycles. The Labute approximate surface area is 118 Å². The largest absolute Gasteiger partial charge is 0.395 e. The van der Waals surface area contributed by atoms with Gasteiger partial charge in [-0.1, -0.05) is 19.3 Å². The molecule has 0 unspecified atom stereocenters. The van der Waals surface area contributed by atoms with Crippen molar-refractivity contribution in [2.75, 3.05) is 18.1 Å². The molecule has 2 rings (SSSR count). The highest BCUT2D eigenvalue weighted by Gasteiger charge is 2.23. The first-order valence-corrected chi connectivity index (χ1v) is 7.15. The second-order valence-electron chi connectivity index (χ2n) is 5.28. The second kappa shape index (κ2) is 6.70. The van der Waals surface area contributed by atoms with Gasteiger partial charge in [-0.3, -0.25) is 5.41 Å². The number of aliphatic hydroxyl groups is 1. The number of nitrogens with two attached hydrogens (primary N) is 1. The average Bonchev–Trinajstić information content (AvgIpc) is 2.46. The van der Waals surface area contributed by atoms with E-state index < -0.39 is 5.82 Å². The third-order valence-electron chi connectivity index (χ3n) is 3.91. The lowest BCUT2D eigenvalue weighted by Gasteiger charge is -2.36. The van der Waals surface area contributed by atoms with Crippen molar-refractivity contribution in [3.8, 4) is 0 Å². The molecule has 20 heavy (non-hydrogen) atoms. The van der Waals surface area contributed by atoms with Crippen molar-refractivity contribution in [3.05, 3.63) is 29.6 Å². The zero-order valence-corrected chi connectivity index (χ0v) is 11.6. The Morgan fingerprint density at radius 3 is 2.65 bits per heavy atom. The molecule has 1 aromatic carbocycles. The smallest absolute Gasteiger partial charge is 0.125 e. The highest BCUT2D eigenvalue weighted by molar-refractivity contribution is 6.00. The van der Waals surface area contributed by atoms with Gasteiger partial charge < -0.3 is 15.7 Å². The van der Waals surface area contributed by atoms with E-state index in [-0.39, 0.29) is 12.4 Å². The summed E-state index contributed by atoms with van der Waals surface area (Å²) in [5.74, 6) is -0.537. The average molecular weight is 279 g/mol. The fourth-order valence-corrected chi connectivity index (χ4v) is 2.97. The number of hydrogen-bond acceptors (Lipinski definition) is 3. The monoisotopic (exact) mass is 279 g/mol. The molecule has 0 aromatic heterocycles. The number of aliphatic hydroxyl groups excluding tert-OH is 1. The molecular formula is C15H22FN3O. The van der Waals surface area contributed by atoms with Crippen LogP contribution in [0.3, 0.4) is 0 Å². The molecular weight excluding hydrogens is 257 g/mol. The number of nitrogen functional groups attached to an aromatic ring is 1. The predicted octanol–water partition coefficient (Wildman–Crippen LogP) is 2.24. The van der Waals surface area contributed by atoms with Crippen LogP contribution < -0.4 is 10.6 Å². The molecule has 1 aromatic rings. The molecule has 5 heteroatoms. The Morgan fingerprint density at radius 1 is 1.35 bits per heavy atom. The topological polar surface area (TPSA) is 73.3 Å². The van der Waals surface area contributed by atoms with Crippen LogP contribution in [0.25, 0.3) is 0 Å². The van der Waals surface area contributed by atoms with E-state index in [1.807, 2.05) is 0 Å². The highest BCUT2D eigenvalue weighted by Crippen LogP contribution is 2.29. The van der Waals surface area contributed by atoms with Crippen LogP contribution in [0.1, 0.15) is 37.7 Å². The maximum absolute atomic E-state index is 13.4. The van der Waals surface area contributed by atoms with Crippen LogP contribution in [0.5, 0.6) is 0 Å². The SMILES string of the molecule is N=C(N)c1cc(F)ccc1N(CCO)C1CCCCC1. The lowest BCUT2D eigenvalue weighted by molar-refractivity contribution is 0.290. The lowest BCUT2D eigenvalue weighted by atomic mass is 9.93. The van der Waals surface area contributed by atoms with Gasteiger partial charge in [-0.05, 0) is 31.0 Å². The van der Waals surface area contributed by atoms with Crippen LogP contribution in [0.4, 0.5) is 10.1 Å². The van der Waals surface area contributed by atoms with Crippen LogP contribution in [0.15, 0.2) is 18.2 Å². The van der Waals surface area contributed by atoms with Crippen LogP contribution in [-0.2, 0) is 0 Å². The minimum Gasteiger partial charge on any atom is -0.395 e. The number of benzene rings is 1. The van der Waals surface area contributed by atoms with Gasteiger partial charge in [0.05, 0.1) is 6.61 Å². The van der Waals surface area contributed by atoms with E-state index in [0.29, 0.717) is 18.2 Å². The summed E-state index contributed by atoms with van der Waals surface area (Å²) < 4.78 is 13.4. The molecule has 0 heterocycles. The molecule has 110 valence electrons. The third-order valence-corrected chi connectivity index (χ3v) is 3.91. The summed E-state index contributed by atoms with van der Waals surface area (Å²) in [6.07, 6.45) is 5.71. The van der Waals surface area contributed by atoms with Crippen molar-refractivity contribution in [2.24, 2.45) is 5.73 Å². The second-order valence-corrected chi connectivity index (χ2v) is 5.28. The number of nitrogens with one attached hydrogen (secondary N) is 1. The van der Waals surface area contributed by atoms with E-state index in [1.54, 1.807) is 6.07 Å². The number of hydrogen-bond donors (Lipinski definition) is 3.